The lowest BCUT2D eigenvalue weighted by Crippen LogP contribution is -2.30. The van der Waals surface area contributed by atoms with Crippen molar-refractivity contribution in [2.45, 2.75) is 32.9 Å². The summed E-state index contributed by atoms with van der Waals surface area (Å²) in [6, 6.07) is 6.12. The Morgan fingerprint density at radius 2 is 1.88 bits per heavy atom. The van der Waals surface area contributed by atoms with Gasteiger partial charge in [-0.2, -0.15) is 18.2 Å². The van der Waals surface area contributed by atoms with E-state index in [0.29, 0.717) is 22.6 Å². The van der Waals surface area contributed by atoms with E-state index in [0.717, 1.165) is 4.52 Å². The third-order valence-corrected chi connectivity index (χ3v) is 4.93. The molecule has 0 unspecified atom stereocenters. The molecule has 0 saturated heterocycles. The number of alkyl halides is 3. The van der Waals surface area contributed by atoms with Crippen LogP contribution in [0.4, 0.5) is 18.9 Å². The van der Waals surface area contributed by atoms with Gasteiger partial charge in [-0.15, -0.1) is 5.10 Å². The minimum atomic E-state index is -4.70. The number of anilines is 1. The van der Waals surface area contributed by atoms with Crippen molar-refractivity contribution in [2.75, 3.05) is 19.0 Å². The summed E-state index contributed by atoms with van der Waals surface area (Å²) in [5, 5.41) is 8.56. The molecule has 0 aliphatic heterocycles. The van der Waals surface area contributed by atoms with Crippen LogP contribution in [0.5, 0.6) is 0 Å². The number of hydrogen-bond acceptors (Lipinski definition) is 7. The van der Waals surface area contributed by atoms with Crippen molar-refractivity contribution in [3.05, 3.63) is 52.6 Å². The topological polar surface area (TPSA) is 128 Å². The van der Waals surface area contributed by atoms with Gasteiger partial charge in [0.05, 0.1) is 7.11 Å². The number of fused-ring (bicyclic) bond motifs is 1. The first kappa shape index (κ1) is 24.6. The lowest BCUT2D eigenvalue weighted by atomic mass is 10.1. The van der Waals surface area contributed by atoms with E-state index in [1.807, 2.05) is 0 Å². The summed E-state index contributed by atoms with van der Waals surface area (Å²) in [6.07, 6.45) is -4.49. The Labute approximate surface area is 191 Å². The summed E-state index contributed by atoms with van der Waals surface area (Å²) >= 11 is 0. The smallest absolute Gasteiger partial charge is 0.453 e. The van der Waals surface area contributed by atoms with E-state index < -0.39 is 23.9 Å². The van der Waals surface area contributed by atoms with Gasteiger partial charge in [-0.25, -0.2) is 9.50 Å². The molecule has 3 aromatic rings. The van der Waals surface area contributed by atoms with Crippen molar-refractivity contribution in [3.8, 4) is 0 Å². The third kappa shape index (κ3) is 5.66. The first-order valence-electron chi connectivity index (χ1n) is 10.0. The van der Waals surface area contributed by atoms with Crippen LogP contribution < -0.4 is 10.6 Å². The zero-order valence-corrected chi connectivity index (χ0v) is 18.5. The number of carbonyl (C=O) groups is 3. The molecule has 180 valence electrons. The Morgan fingerprint density at radius 3 is 2.56 bits per heavy atom. The molecule has 34 heavy (non-hydrogen) atoms. The Hall–Kier alpha value is -4.03. The molecule has 10 nitrogen and oxygen atoms in total. The molecule has 2 amide bonds. The van der Waals surface area contributed by atoms with Gasteiger partial charge in [0.25, 0.3) is 17.5 Å². The van der Waals surface area contributed by atoms with Crippen LogP contribution in [-0.2, 0) is 26.9 Å². The van der Waals surface area contributed by atoms with Gasteiger partial charge in [0, 0.05) is 29.1 Å². The maximum absolute atomic E-state index is 12.9. The van der Waals surface area contributed by atoms with E-state index in [4.69, 9.17) is 0 Å². The normalized spacial score (nSPS) is 11.4. The zero-order valence-electron chi connectivity index (χ0n) is 18.5. The summed E-state index contributed by atoms with van der Waals surface area (Å²) in [5.74, 6) is -2.94. The minimum absolute atomic E-state index is 0.00839. The molecule has 2 N–H and O–H groups in total. The predicted octanol–water partition coefficient (Wildman–Crippen LogP) is 2.23. The van der Waals surface area contributed by atoms with Crippen LogP contribution in [-0.4, -0.2) is 51.0 Å². The number of nitrogens with zero attached hydrogens (tertiary/aromatic N) is 4. The summed E-state index contributed by atoms with van der Waals surface area (Å²) < 4.78 is 44.3. The van der Waals surface area contributed by atoms with Gasteiger partial charge >= 0.3 is 12.1 Å². The van der Waals surface area contributed by atoms with Gasteiger partial charge in [0.15, 0.2) is 0 Å². The number of nitrogens with one attached hydrogen (secondary N) is 2. The van der Waals surface area contributed by atoms with Gasteiger partial charge < -0.3 is 15.4 Å². The number of ether oxygens (including phenoxy) is 1. The Kier molecular flexibility index (Phi) is 7.13. The molecule has 0 aliphatic rings. The number of rotatable bonds is 7. The number of halogens is 3. The van der Waals surface area contributed by atoms with E-state index in [1.165, 1.54) is 19.2 Å². The van der Waals surface area contributed by atoms with Crippen LogP contribution in [0, 0.1) is 13.8 Å². The van der Waals surface area contributed by atoms with Crippen LogP contribution in [0.3, 0.4) is 0 Å². The summed E-state index contributed by atoms with van der Waals surface area (Å²) in [7, 11) is 1.20. The highest BCUT2D eigenvalue weighted by Crippen LogP contribution is 2.27. The fourth-order valence-electron chi connectivity index (χ4n) is 3.22. The zero-order chi connectivity index (χ0) is 25.0. The van der Waals surface area contributed by atoms with Crippen molar-refractivity contribution in [2.24, 2.45) is 0 Å². The van der Waals surface area contributed by atoms with Gasteiger partial charge in [-0.05, 0) is 44.0 Å². The number of hydrogen-bond donors (Lipinski definition) is 2. The first-order chi connectivity index (χ1) is 16.0. The predicted molar refractivity (Wildman–Crippen MR) is 113 cm³/mol. The van der Waals surface area contributed by atoms with Crippen LogP contribution >= 0.6 is 0 Å². The number of amides is 2. The molecule has 0 radical (unpaired) electrons. The molecule has 0 bridgehead atoms. The lowest BCUT2D eigenvalue weighted by Gasteiger charge is -2.11. The molecule has 0 fully saturated rings. The molecule has 0 aliphatic carbocycles. The molecule has 13 heteroatoms. The number of aryl methyl sites for hydroxylation is 2. The number of benzene rings is 1. The average molecular weight is 478 g/mol. The SMILES string of the molecule is COC(=O)CNC(=O)c1cccc(NC(=O)CCc2c(C)nc3nc(C(F)(F)F)nn3c2C)c1. The van der Waals surface area contributed by atoms with Crippen LogP contribution in [0.1, 0.15) is 39.6 Å². The van der Waals surface area contributed by atoms with Gasteiger partial charge in [-0.3, -0.25) is 14.4 Å². The second kappa shape index (κ2) is 9.85. The number of carbonyl (C=O) groups excluding carboxylic acids is 3. The Morgan fingerprint density at radius 1 is 1.15 bits per heavy atom. The minimum Gasteiger partial charge on any atom is -0.468 e. The second-order valence-corrected chi connectivity index (χ2v) is 7.29. The molecule has 0 atom stereocenters. The second-order valence-electron chi connectivity index (χ2n) is 7.29. The molecular weight excluding hydrogens is 457 g/mol. The van der Waals surface area contributed by atoms with Crippen LogP contribution in [0.2, 0.25) is 0 Å². The van der Waals surface area contributed by atoms with E-state index in [1.54, 1.807) is 26.0 Å². The van der Waals surface area contributed by atoms with Gasteiger partial charge in [0.2, 0.25) is 5.91 Å². The first-order valence-corrected chi connectivity index (χ1v) is 10.0. The molecular formula is C21H21F3N6O4. The molecule has 2 aromatic heterocycles. The highest BCUT2D eigenvalue weighted by molar-refractivity contribution is 5.98. The lowest BCUT2D eigenvalue weighted by molar-refractivity contribution is -0.144. The van der Waals surface area contributed by atoms with E-state index in [-0.39, 0.29) is 36.6 Å². The van der Waals surface area contributed by atoms with Crippen molar-refractivity contribution in [3.63, 3.8) is 0 Å². The largest absolute Gasteiger partial charge is 0.468 e. The molecule has 0 spiro atoms. The average Bonchev–Trinajstić information content (AvgIpc) is 3.22. The maximum atomic E-state index is 12.9. The van der Waals surface area contributed by atoms with Crippen LogP contribution in [0.15, 0.2) is 24.3 Å². The van der Waals surface area contributed by atoms with E-state index in [2.05, 4.69) is 30.4 Å². The summed E-state index contributed by atoms with van der Waals surface area (Å²) in [5.41, 5.74) is 2.03. The van der Waals surface area contributed by atoms with E-state index >= 15 is 0 Å². The third-order valence-electron chi connectivity index (χ3n) is 4.93. The Bertz CT molecular complexity index is 1260. The number of methoxy groups -OCH3 is 1. The number of aromatic nitrogens is 4. The summed E-state index contributed by atoms with van der Waals surface area (Å²) in [6.45, 7) is 2.91. The fraction of sp³-hybridized carbons (Fsp3) is 0.333. The summed E-state index contributed by atoms with van der Waals surface area (Å²) in [4.78, 5) is 43.3. The van der Waals surface area contributed by atoms with Crippen molar-refractivity contribution < 1.29 is 32.3 Å². The van der Waals surface area contributed by atoms with Crippen molar-refractivity contribution in [1.82, 2.24) is 24.9 Å². The van der Waals surface area contributed by atoms with E-state index in [9.17, 15) is 27.6 Å². The van der Waals surface area contributed by atoms with Gasteiger partial charge in [-0.1, -0.05) is 6.07 Å². The monoisotopic (exact) mass is 478 g/mol. The molecule has 3 rings (SSSR count). The maximum Gasteiger partial charge on any atom is 0.453 e. The van der Waals surface area contributed by atoms with Gasteiger partial charge in [0.1, 0.15) is 6.54 Å². The van der Waals surface area contributed by atoms with Crippen molar-refractivity contribution >= 4 is 29.2 Å². The number of esters is 1. The molecule has 1 aromatic carbocycles. The standard InChI is InChI=1S/C21H21F3N6O4/c1-11-15(12(2)30-20(26-11)28-19(29-30)21(22,23)24)7-8-16(31)27-14-6-4-5-13(9-14)18(33)25-10-17(32)34-3/h4-6,9H,7-8,10H2,1-3H3,(H,25,33)(H,27,31). The fourth-order valence-corrected chi connectivity index (χ4v) is 3.22. The quantitative estimate of drug-likeness (QED) is 0.499. The Balaban J connectivity index is 1.67. The highest BCUT2D eigenvalue weighted by Gasteiger charge is 2.37. The highest BCUT2D eigenvalue weighted by atomic mass is 19.4. The molecule has 0 saturated carbocycles. The van der Waals surface area contributed by atoms with Crippen LogP contribution in [0.25, 0.3) is 5.78 Å². The molecule has 2 heterocycles. The van der Waals surface area contributed by atoms with Crippen molar-refractivity contribution in [1.29, 1.82) is 0 Å².